The summed E-state index contributed by atoms with van der Waals surface area (Å²) in [5.74, 6) is 0.296. The summed E-state index contributed by atoms with van der Waals surface area (Å²) in [4.78, 5) is 11.6. The third-order valence-electron chi connectivity index (χ3n) is 4.86. The van der Waals surface area contributed by atoms with E-state index >= 15 is 0 Å². The maximum absolute atomic E-state index is 11.6. The molecule has 3 nitrogen and oxygen atoms in total. The van der Waals surface area contributed by atoms with Crippen LogP contribution >= 0.6 is 0 Å². The molecule has 0 fully saturated rings. The first-order valence-corrected chi connectivity index (χ1v) is 8.80. The van der Waals surface area contributed by atoms with E-state index in [-0.39, 0.29) is 5.97 Å². The third kappa shape index (κ3) is 3.89. The van der Waals surface area contributed by atoms with E-state index in [1.807, 2.05) is 0 Å². The molecule has 0 amide bonds. The summed E-state index contributed by atoms with van der Waals surface area (Å²) in [6.45, 7) is 9.19. The molecule has 0 aliphatic heterocycles. The van der Waals surface area contributed by atoms with Crippen LogP contribution in [0.1, 0.15) is 46.2 Å². The quantitative estimate of drug-likeness (QED) is 0.752. The van der Waals surface area contributed by atoms with Crippen molar-refractivity contribution in [3.8, 4) is 0 Å². The van der Waals surface area contributed by atoms with Crippen LogP contribution in [0.2, 0.25) is 0 Å². The molecule has 0 bridgehead atoms. The van der Waals surface area contributed by atoms with Gasteiger partial charge in [-0.15, -0.1) is 0 Å². The highest BCUT2D eigenvalue weighted by molar-refractivity contribution is 5.69. The van der Waals surface area contributed by atoms with Gasteiger partial charge >= 0.3 is 5.97 Å². The molecule has 3 heteroatoms. The van der Waals surface area contributed by atoms with Crippen molar-refractivity contribution >= 4 is 18.1 Å². The van der Waals surface area contributed by atoms with Gasteiger partial charge in [-0.05, 0) is 44.9 Å². The molecule has 1 atom stereocenters. The predicted molar refractivity (Wildman–Crippen MR) is 99.9 cm³/mol. The molecule has 0 spiro atoms. The summed E-state index contributed by atoms with van der Waals surface area (Å²) in [6, 6.07) is 2.26. The Bertz CT molecular complexity index is 777. The van der Waals surface area contributed by atoms with Crippen LogP contribution in [0.4, 0.5) is 0 Å². The van der Waals surface area contributed by atoms with E-state index in [2.05, 4.69) is 62.6 Å². The molecule has 1 aromatic heterocycles. The standard InChI is InChI=1S/C21H29NO2/c1-6-16-11-15(4)18(12-16)14-19-13-17(7-2)20(8-3)22(19)10-9-21(23)24-5/h7-8,11-13,18H,6,9-10,14H2,1-5H3. The van der Waals surface area contributed by atoms with E-state index in [0.29, 0.717) is 18.9 Å². The predicted octanol–water partition coefficient (Wildman–Crippen LogP) is 3.11. The van der Waals surface area contributed by atoms with Gasteiger partial charge in [0.1, 0.15) is 0 Å². The summed E-state index contributed by atoms with van der Waals surface area (Å²) in [6.07, 6.45) is 11.4. The Hall–Kier alpha value is -2.03. The molecule has 1 heterocycles. The van der Waals surface area contributed by atoms with Gasteiger partial charge in [-0.25, -0.2) is 0 Å². The van der Waals surface area contributed by atoms with Crippen molar-refractivity contribution in [2.24, 2.45) is 5.92 Å². The molecule has 1 aromatic rings. The molecule has 1 unspecified atom stereocenters. The normalized spacial score (nSPS) is 18.8. The van der Waals surface area contributed by atoms with Crippen molar-refractivity contribution in [3.05, 3.63) is 45.6 Å². The fraction of sp³-hybridized carbons (Fsp3) is 0.476. The number of carbonyl (C=O) groups is 1. The smallest absolute Gasteiger partial charge is 0.307 e. The number of nitrogens with zero attached hydrogens (tertiary/aromatic N) is 1. The molecule has 0 N–H and O–H groups in total. The molecule has 0 saturated carbocycles. The minimum Gasteiger partial charge on any atom is -0.469 e. The molecule has 2 rings (SSSR count). The lowest BCUT2D eigenvalue weighted by Gasteiger charge is -2.14. The van der Waals surface area contributed by atoms with E-state index in [4.69, 9.17) is 4.74 Å². The van der Waals surface area contributed by atoms with Crippen LogP contribution < -0.4 is 10.6 Å². The van der Waals surface area contributed by atoms with Gasteiger partial charge < -0.3 is 9.30 Å². The highest BCUT2D eigenvalue weighted by atomic mass is 16.5. The average molecular weight is 327 g/mol. The number of aromatic nitrogens is 1. The minimum absolute atomic E-state index is 0.163. The number of hydrogen-bond donors (Lipinski definition) is 0. The fourth-order valence-electron chi connectivity index (χ4n) is 3.44. The SMILES string of the molecule is CC=c1cc(CC2C=C(CC)C=C2C)n(CCC(=O)OC)c1=CC. The Morgan fingerprint density at radius 3 is 2.62 bits per heavy atom. The highest BCUT2D eigenvalue weighted by Crippen LogP contribution is 2.28. The van der Waals surface area contributed by atoms with Crippen LogP contribution in [-0.2, 0) is 22.5 Å². The maximum Gasteiger partial charge on any atom is 0.307 e. The third-order valence-corrected chi connectivity index (χ3v) is 4.86. The summed E-state index contributed by atoms with van der Waals surface area (Å²) < 4.78 is 7.08. The monoisotopic (exact) mass is 327 g/mol. The summed E-state index contributed by atoms with van der Waals surface area (Å²) in [5.41, 5.74) is 4.14. The van der Waals surface area contributed by atoms with Crippen LogP contribution in [0.3, 0.4) is 0 Å². The van der Waals surface area contributed by atoms with Gasteiger partial charge in [-0.3, -0.25) is 4.79 Å². The van der Waals surface area contributed by atoms with Crippen molar-refractivity contribution in [1.82, 2.24) is 4.57 Å². The zero-order valence-corrected chi connectivity index (χ0v) is 15.6. The number of methoxy groups -OCH3 is 1. The minimum atomic E-state index is -0.163. The Balaban J connectivity index is 2.36. The van der Waals surface area contributed by atoms with Gasteiger partial charge in [0, 0.05) is 23.5 Å². The second kappa shape index (κ2) is 8.18. The van der Waals surface area contributed by atoms with Gasteiger partial charge in [0.2, 0.25) is 0 Å². The van der Waals surface area contributed by atoms with E-state index in [1.54, 1.807) is 0 Å². The van der Waals surface area contributed by atoms with Gasteiger partial charge in [0.25, 0.3) is 0 Å². The molecule has 0 saturated heterocycles. The van der Waals surface area contributed by atoms with Crippen molar-refractivity contribution in [1.29, 1.82) is 0 Å². The maximum atomic E-state index is 11.6. The first-order valence-electron chi connectivity index (χ1n) is 8.80. The lowest BCUT2D eigenvalue weighted by Crippen LogP contribution is -2.30. The summed E-state index contributed by atoms with van der Waals surface area (Å²) in [5, 5.41) is 2.42. The van der Waals surface area contributed by atoms with Crippen LogP contribution in [0.15, 0.2) is 29.4 Å². The van der Waals surface area contributed by atoms with Crippen molar-refractivity contribution in [2.45, 2.75) is 53.5 Å². The molecular weight excluding hydrogens is 298 g/mol. The first-order chi connectivity index (χ1) is 11.5. The van der Waals surface area contributed by atoms with Gasteiger partial charge in [-0.2, -0.15) is 0 Å². The van der Waals surface area contributed by atoms with E-state index in [0.717, 1.165) is 12.8 Å². The fourth-order valence-corrected chi connectivity index (χ4v) is 3.44. The van der Waals surface area contributed by atoms with Crippen molar-refractivity contribution < 1.29 is 9.53 Å². The van der Waals surface area contributed by atoms with E-state index < -0.39 is 0 Å². The Kier molecular flexibility index (Phi) is 6.24. The van der Waals surface area contributed by atoms with Gasteiger partial charge in [-0.1, -0.05) is 42.4 Å². The van der Waals surface area contributed by atoms with Crippen LogP contribution in [0, 0.1) is 5.92 Å². The first kappa shape index (κ1) is 18.3. The van der Waals surface area contributed by atoms with E-state index in [9.17, 15) is 4.79 Å². The number of rotatable bonds is 6. The summed E-state index contributed by atoms with van der Waals surface area (Å²) in [7, 11) is 1.45. The van der Waals surface area contributed by atoms with E-state index in [1.165, 1.54) is 34.5 Å². The van der Waals surface area contributed by atoms with Crippen LogP contribution in [-0.4, -0.2) is 17.6 Å². The molecule has 0 aromatic carbocycles. The second-order valence-corrected chi connectivity index (χ2v) is 6.33. The van der Waals surface area contributed by atoms with Crippen molar-refractivity contribution in [3.63, 3.8) is 0 Å². The lowest BCUT2D eigenvalue weighted by molar-refractivity contribution is -0.140. The van der Waals surface area contributed by atoms with Gasteiger partial charge in [0.05, 0.1) is 13.5 Å². The average Bonchev–Trinajstić information content (AvgIpc) is 3.12. The second-order valence-electron chi connectivity index (χ2n) is 6.33. The zero-order chi connectivity index (χ0) is 17.7. The number of hydrogen-bond acceptors (Lipinski definition) is 2. The largest absolute Gasteiger partial charge is 0.469 e. The lowest BCUT2D eigenvalue weighted by atomic mass is 9.98. The molecule has 24 heavy (non-hydrogen) atoms. The topological polar surface area (TPSA) is 31.2 Å². The molecule has 1 aliphatic carbocycles. The molecular formula is C21H29NO2. The Morgan fingerprint density at radius 2 is 2.08 bits per heavy atom. The number of ether oxygens (including phenoxy) is 1. The summed E-state index contributed by atoms with van der Waals surface area (Å²) >= 11 is 0. The Labute approximate surface area is 145 Å². The Morgan fingerprint density at radius 1 is 1.33 bits per heavy atom. The zero-order valence-electron chi connectivity index (χ0n) is 15.6. The number of allylic oxidation sites excluding steroid dienone is 4. The molecule has 1 aliphatic rings. The molecule has 0 radical (unpaired) electrons. The highest BCUT2D eigenvalue weighted by Gasteiger charge is 2.18. The van der Waals surface area contributed by atoms with Crippen LogP contribution in [0.5, 0.6) is 0 Å². The number of carbonyl (C=O) groups excluding carboxylic acids is 1. The molecule has 130 valence electrons. The van der Waals surface area contributed by atoms with Crippen LogP contribution in [0.25, 0.3) is 12.2 Å². The van der Waals surface area contributed by atoms with Gasteiger partial charge in [0.15, 0.2) is 0 Å². The number of esters is 1. The van der Waals surface area contributed by atoms with Crippen molar-refractivity contribution in [2.75, 3.05) is 7.11 Å².